The first kappa shape index (κ1) is 14.4. The molecule has 1 heterocycles. The molecule has 4 heteroatoms. The molecule has 3 rings (SSSR count). The van der Waals surface area contributed by atoms with Crippen molar-refractivity contribution in [3.63, 3.8) is 0 Å². The number of rotatable bonds is 3. The number of hydrogen-bond donors (Lipinski definition) is 0. The molecular weight excluding hydrogens is 278 g/mol. The number of carbonyl (C=O) groups is 1. The maximum atomic E-state index is 12.8. The van der Waals surface area contributed by atoms with Gasteiger partial charge in [0, 0.05) is 13.1 Å². The fraction of sp³-hybridized carbons (Fsp3) is 0.278. The molecule has 22 heavy (non-hydrogen) atoms. The van der Waals surface area contributed by atoms with E-state index in [1.165, 1.54) is 11.1 Å². The zero-order valence-electron chi connectivity index (χ0n) is 12.8. The van der Waals surface area contributed by atoms with Gasteiger partial charge in [-0.2, -0.15) is 0 Å². The van der Waals surface area contributed by atoms with Gasteiger partial charge in [-0.3, -0.25) is 4.79 Å². The summed E-state index contributed by atoms with van der Waals surface area (Å²) in [6.45, 7) is 1.35. The minimum atomic E-state index is -0.0229. The number of amides is 1. The summed E-state index contributed by atoms with van der Waals surface area (Å²) in [6.07, 6.45) is 0.883. The summed E-state index contributed by atoms with van der Waals surface area (Å²) in [7, 11) is 3.13. The third kappa shape index (κ3) is 2.52. The minimum absolute atomic E-state index is 0.0229. The number of para-hydroxylation sites is 1. The number of carbonyl (C=O) groups excluding carboxylic acids is 1. The molecule has 0 saturated heterocycles. The lowest BCUT2D eigenvalue weighted by Gasteiger charge is -2.29. The molecule has 0 bridgehead atoms. The standard InChI is InChI=1S/C18H19NO3/c1-21-16-9-5-8-15(17(16)22-2)18(20)19-11-10-13-6-3-4-7-14(13)12-19/h3-9H,10-12H2,1-2H3. The summed E-state index contributed by atoms with van der Waals surface area (Å²) in [5.74, 6) is 1.05. The Labute approximate surface area is 130 Å². The zero-order valence-corrected chi connectivity index (χ0v) is 12.8. The molecule has 0 fully saturated rings. The normalized spacial score (nSPS) is 13.5. The Bertz CT molecular complexity index is 696. The van der Waals surface area contributed by atoms with Gasteiger partial charge in [0.15, 0.2) is 11.5 Å². The molecule has 1 amide bonds. The first-order valence-corrected chi connectivity index (χ1v) is 7.31. The van der Waals surface area contributed by atoms with Crippen LogP contribution in [-0.2, 0) is 13.0 Å². The lowest BCUT2D eigenvalue weighted by Crippen LogP contribution is -2.36. The molecule has 114 valence electrons. The number of benzene rings is 2. The molecule has 0 atom stereocenters. The first-order chi connectivity index (χ1) is 10.7. The summed E-state index contributed by atoms with van der Waals surface area (Å²) in [4.78, 5) is 14.7. The van der Waals surface area contributed by atoms with Crippen LogP contribution in [0.1, 0.15) is 21.5 Å². The van der Waals surface area contributed by atoms with Crippen LogP contribution in [0.4, 0.5) is 0 Å². The molecule has 0 aromatic heterocycles. The number of fused-ring (bicyclic) bond motifs is 1. The van der Waals surface area contributed by atoms with E-state index in [1.54, 1.807) is 26.4 Å². The van der Waals surface area contributed by atoms with Gasteiger partial charge in [-0.1, -0.05) is 30.3 Å². The van der Waals surface area contributed by atoms with Gasteiger partial charge < -0.3 is 14.4 Å². The summed E-state index contributed by atoms with van der Waals surface area (Å²) in [6, 6.07) is 13.7. The van der Waals surface area contributed by atoms with E-state index >= 15 is 0 Å². The highest BCUT2D eigenvalue weighted by Gasteiger charge is 2.25. The smallest absolute Gasteiger partial charge is 0.258 e. The minimum Gasteiger partial charge on any atom is -0.493 e. The van der Waals surface area contributed by atoms with Crippen molar-refractivity contribution in [2.75, 3.05) is 20.8 Å². The van der Waals surface area contributed by atoms with Crippen LogP contribution >= 0.6 is 0 Å². The van der Waals surface area contributed by atoms with E-state index in [-0.39, 0.29) is 5.91 Å². The molecule has 0 radical (unpaired) electrons. The molecular formula is C18H19NO3. The van der Waals surface area contributed by atoms with Crippen molar-refractivity contribution in [3.05, 3.63) is 59.2 Å². The van der Waals surface area contributed by atoms with Gasteiger partial charge in [0.2, 0.25) is 0 Å². The lowest BCUT2D eigenvalue weighted by molar-refractivity contribution is 0.0730. The van der Waals surface area contributed by atoms with Gasteiger partial charge in [0.25, 0.3) is 5.91 Å². The highest BCUT2D eigenvalue weighted by Crippen LogP contribution is 2.32. The van der Waals surface area contributed by atoms with Crippen molar-refractivity contribution in [1.29, 1.82) is 0 Å². The Morgan fingerprint density at radius 2 is 1.77 bits per heavy atom. The molecule has 0 spiro atoms. The van der Waals surface area contributed by atoms with Crippen LogP contribution in [0.15, 0.2) is 42.5 Å². The van der Waals surface area contributed by atoms with Gasteiger partial charge in [-0.25, -0.2) is 0 Å². The zero-order chi connectivity index (χ0) is 15.5. The first-order valence-electron chi connectivity index (χ1n) is 7.31. The van der Waals surface area contributed by atoms with Crippen molar-refractivity contribution in [3.8, 4) is 11.5 Å². The van der Waals surface area contributed by atoms with E-state index in [4.69, 9.17) is 9.47 Å². The van der Waals surface area contributed by atoms with Crippen molar-refractivity contribution in [2.45, 2.75) is 13.0 Å². The second kappa shape index (κ2) is 6.10. The van der Waals surface area contributed by atoms with E-state index in [1.807, 2.05) is 23.1 Å². The largest absolute Gasteiger partial charge is 0.493 e. The predicted octanol–water partition coefficient (Wildman–Crippen LogP) is 2.90. The quantitative estimate of drug-likeness (QED) is 0.874. The highest BCUT2D eigenvalue weighted by molar-refractivity contribution is 5.98. The van der Waals surface area contributed by atoms with Crippen LogP contribution in [-0.4, -0.2) is 31.6 Å². The van der Waals surface area contributed by atoms with E-state index < -0.39 is 0 Å². The summed E-state index contributed by atoms with van der Waals surface area (Å²) >= 11 is 0. The number of nitrogens with zero attached hydrogens (tertiary/aromatic N) is 1. The Morgan fingerprint density at radius 3 is 2.50 bits per heavy atom. The van der Waals surface area contributed by atoms with Crippen molar-refractivity contribution in [1.82, 2.24) is 4.90 Å². The third-order valence-electron chi connectivity index (χ3n) is 4.05. The molecule has 2 aromatic carbocycles. The molecule has 4 nitrogen and oxygen atoms in total. The topological polar surface area (TPSA) is 38.8 Å². The maximum Gasteiger partial charge on any atom is 0.258 e. The summed E-state index contributed by atoms with van der Waals surface area (Å²) in [5, 5.41) is 0. The van der Waals surface area contributed by atoms with E-state index in [9.17, 15) is 4.79 Å². The van der Waals surface area contributed by atoms with Gasteiger partial charge in [-0.05, 0) is 29.7 Å². The molecule has 0 N–H and O–H groups in total. The van der Waals surface area contributed by atoms with Crippen LogP contribution in [0.25, 0.3) is 0 Å². The van der Waals surface area contributed by atoms with E-state index in [0.717, 1.165) is 13.0 Å². The number of methoxy groups -OCH3 is 2. The summed E-state index contributed by atoms with van der Waals surface area (Å²) < 4.78 is 10.7. The second-order valence-corrected chi connectivity index (χ2v) is 5.29. The van der Waals surface area contributed by atoms with Gasteiger partial charge in [-0.15, -0.1) is 0 Å². The Kier molecular flexibility index (Phi) is 4.00. The molecule has 0 saturated carbocycles. The van der Waals surface area contributed by atoms with Crippen molar-refractivity contribution >= 4 is 5.91 Å². The average molecular weight is 297 g/mol. The summed E-state index contributed by atoms with van der Waals surface area (Å²) in [5.41, 5.74) is 3.08. The predicted molar refractivity (Wildman–Crippen MR) is 84.4 cm³/mol. The second-order valence-electron chi connectivity index (χ2n) is 5.29. The Morgan fingerprint density at radius 1 is 1.00 bits per heavy atom. The number of hydrogen-bond acceptors (Lipinski definition) is 3. The van der Waals surface area contributed by atoms with Gasteiger partial charge in [0.05, 0.1) is 19.8 Å². The van der Waals surface area contributed by atoms with Gasteiger partial charge >= 0.3 is 0 Å². The number of ether oxygens (including phenoxy) is 2. The molecule has 1 aliphatic heterocycles. The van der Waals surface area contributed by atoms with Crippen LogP contribution in [0.3, 0.4) is 0 Å². The average Bonchev–Trinajstić information content (AvgIpc) is 2.59. The third-order valence-corrected chi connectivity index (χ3v) is 4.05. The maximum absolute atomic E-state index is 12.8. The fourth-order valence-corrected chi connectivity index (χ4v) is 2.89. The van der Waals surface area contributed by atoms with Crippen LogP contribution < -0.4 is 9.47 Å². The Balaban J connectivity index is 1.90. The molecule has 0 aliphatic carbocycles. The molecule has 0 unspecified atom stereocenters. The van der Waals surface area contributed by atoms with Crippen LogP contribution in [0.5, 0.6) is 11.5 Å². The lowest BCUT2D eigenvalue weighted by atomic mass is 9.99. The van der Waals surface area contributed by atoms with E-state index in [2.05, 4.69) is 12.1 Å². The monoisotopic (exact) mass is 297 g/mol. The van der Waals surface area contributed by atoms with Gasteiger partial charge in [0.1, 0.15) is 0 Å². The Hall–Kier alpha value is -2.49. The SMILES string of the molecule is COc1cccc(C(=O)N2CCc3ccccc3C2)c1OC. The van der Waals surface area contributed by atoms with Crippen molar-refractivity contribution < 1.29 is 14.3 Å². The van der Waals surface area contributed by atoms with E-state index in [0.29, 0.717) is 23.6 Å². The molecule has 2 aromatic rings. The van der Waals surface area contributed by atoms with Crippen LogP contribution in [0.2, 0.25) is 0 Å². The highest BCUT2D eigenvalue weighted by atomic mass is 16.5. The fourth-order valence-electron chi connectivity index (χ4n) is 2.89. The van der Waals surface area contributed by atoms with Crippen LogP contribution in [0, 0.1) is 0 Å². The van der Waals surface area contributed by atoms with Crippen molar-refractivity contribution in [2.24, 2.45) is 0 Å². The molecule has 1 aliphatic rings.